The molecule has 1 amide bonds. The van der Waals surface area contributed by atoms with E-state index in [9.17, 15) is 23.3 Å². The van der Waals surface area contributed by atoms with Gasteiger partial charge < -0.3 is 0 Å². The molecule has 1 aromatic heterocycles. The Labute approximate surface area is 135 Å². The van der Waals surface area contributed by atoms with Gasteiger partial charge in [-0.2, -0.15) is 5.10 Å². The maximum absolute atomic E-state index is 12.4. The molecule has 2 N–H and O–H groups in total. The fourth-order valence-electron chi connectivity index (χ4n) is 2.14. The van der Waals surface area contributed by atoms with Crippen LogP contribution in [-0.4, -0.2) is 29.4 Å². The second-order valence-corrected chi connectivity index (χ2v) is 6.51. The van der Waals surface area contributed by atoms with Crippen molar-refractivity contribution in [2.45, 2.75) is 4.90 Å². The lowest BCUT2D eigenvalue weighted by Crippen LogP contribution is -2.30. The number of hydrogen-bond donors (Lipinski definition) is 2. The van der Waals surface area contributed by atoms with Crippen LogP contribution in [0.5, 0.6) is 0 Å². The van der Waals surface area contributed by atoms with Crippen LogP contribution in [0.2, 0.25) is 0 Å². The van der Waals surface area contributed by atoms with Crippen molar-refractivity contribution in [3.05, 3.63) is 64.3 Å². The molecular weight excluding hydrogens is 336 g/mol. The van der Waals surface area contributed by atoms with Gasteiger partial charge in [-0.3, -0.25) is 20.0 Å². The molecular formula is C14H10N4O5S. The molecule has 0 bridgehead atoms. The van der Waals surface area contributed by atoms with E-state index >= 15 is 0 Å². The van der Waals surface area contributed by atoms with Crippen LogP contribution in [0, 0.1) is 10.1 Å². The van der Waals surface area contributed by atoms with E-state index in [1.54, 1.807) is 18.2 Å². The number of sulfonamides is 1. The lowest BCUT2D eigenvalue weighted by Gasteiger charge is -2.07. The molecule has 1 heterocycles. The summed E-state index contributed by atoms with van der Waals surface area (Å²) in [5.41, 5.74) is -0.283. The Morgan fingerprint density at radius 1 is 1.21 bits per heavy atom. The summed E-state index contributed by atoms with van der Waals surface area (Å²) >= 11 is 0. The van der Waals surface area contributed by atoms with E-state index in [1.165, 1.54) is 24.4 Å². The minimum Gasteiger partial charge on any atom is -0.284 e. The van der Waals surface area contributed by atoms with Gasteiger partial charge in [-0.25, -0.2) is 13.1 Å². The third kappa shape index (κ3) is 2.82. The number of benzene rings is 2. The highest BCUT2D eigenvalue weighted by molar-refractivity contribution is 7.90. The van der Waals surface area contributed by atoms with Gasteiger partial charge in [-0.15, -0.1) is 0 Å². The molecule has 0 radical (unpaired) electrons. The second-order valence-electron chi connectivity index (χ2n) is 4.82. The van der Waals surface area contributed by atoms with Crippen molar-refractivity contribution in [1.29, 1.82) is 0 Å². The average Bonchev–Trinajstić information content (AvgIpc) is 3.02. The molecule has 0 spiro atoms. The quantitative estimate of drug-likeness (QED) is 0.544. The van der Waals surface area contributed by atoms with Gasteiger partial charge in [0, 0.05) is 23.2 Å². The summed E-state index contributed by atoms with van der Waals surface area (Å²) in [6.07, 6.45) is 1.33. The Kier molecular flexibility index (Phi) is 3.73. The molecule has 0 saturated carbocycles. The van der Waals surface area contributed by atoms with Crippen LogP contribution in [0.15, 0.2) is 53.6 Å². The van der Waals surface area contributed by atoms with Crippen LogP contribution in [0.4, 0.5) is 5.69 Å². The predicted octanol–water partition coefficient (Wildman–Crippen LogP) is 1.59. The van der Waals surface area contributed by atoms with Crippen LogP contribution in [-0.2, 0) is 10.0 Å². The van der Waals surface area contributed by atoms with Gasteiger partial charge in [0.2, 0.25) is 0 Å². The lowest BCUT2D eigenvalue weighted by atomic mass is 10.2. The summed E-state index contributed by atoms with van der Waals surface area (Å²) in [7, 11) is -4.28. The number of nitrogens with one attached hydrogen (secondary N) is 2. The lowest BCUT2D eigenvalue weighted by molar-refractivity contribution is -0.383. The number of non-ortho nitro benzene ring substituents is 1. The molecule has 0 aliphatic carbocycles. The van der Waals surface area contributed by atoms with Crippen LogP contribution < -0.4 is 4.72 Å². The first-order valence-electron chi connectivity index (χ1n) is 6.62. The zero-order valence-corrected chi connectivity index (χ0v) is 12.8. The molecule has 0 atom stereocenters. The fourth-order valence-corrected chi connectivity index (χ4v) is 3.16. The largest absolute Gasteiger partial charge is 0.298 e. The second kappa shape index (κ2) is 5.74. The fraction of sp³-hybridized carbons (Fsp3) is 0. The molecule has 10 heteroatoms. The highest BCUT2D eigenvalue weighted by Crippen LogP contribution is 2.27. The number of hydrogen-bond acceptors (Lipinski definition) is 6. The van der Waals surface area contributed by atoms with Gasteiger partial charge >= 0.3 is 0 Å². The topological polar surface area (TPSA) is 135 Å². The van der Waals surface area contributed by atoms with Gasteiger partial charge in [0.1, 0.15) is 0 Å². The third-order valence-corrected chi connectivity index (χ3v) is 4.57. The van der Waals surface area contributed by atoms with Crippen molar-refractivity contribution in [3.63, 3.8) is 0 Å². The molecule has 0 aliphatic heterocycles. The summed E-state index contributed by atoms with van der Waals surface area (Å²) in [6.45, 7) is 0. The van der Waals surface area contributed by atoms with Crippen molar-refractivity contribution in [1.82, 2.24) is 14.9 Å². The number of nitro groups is 1. The smallest absolute Gasteiger partial charge is 0.284 e. The van der Waals surface area contributed by atoms with Crippen LogP contribution in [0.25, 0.3) is 10.9 Å². The number of nitro benzene ring substituents is 1. The number of aromatic amines is 1. The van der Waals surface area contributed by atoms with Gasteiger partial charge in [0.15, 0.2) is 5.52 Å². The average molecular weight is 346 g/mol. The maximum atomic E-state index is 12.4. The summed E-state index contributed by atoms with van der Waals surface area (Å²) in [5, 5.41) is 17.5. The summed E-state index contributed by atoms with van der Waals surface area (Å²) in [5.74, 6) is -0.828. The first-order valence-corrected chi connectivity index (χ1v) is 8.11. The van der Waals surface area contributed by atoms with Crippen LogP contribution >= 0.6 is 0 Å². The molecule has 3 rings (SSSR count). The molecule has 24 heavy (non-hydrogen) atoms. The highest BCUT2D eigenvalue weighted by Gasteiger charge is 2.24. The number of H-pyrrole nitrogens is 1. The Morgan fingerprint density at radius 3 is 2.58 bits per heavy atom. The number of aromatic nitrogens is 2. The predicted molar refractivity (Wildman–Crippen MR) is 83.8 cm³/mol. The minimum absolute atomic E-state index is 0.0355. The van der Waals surface area contributed by atoms with E-state index < -0.39 is 31.4 Å². The van der Waals surface area contributed by atoms with Crippen molar-refractivity contribution < 1.29 is 18.1 Å². The number of amides is 1. The van der Waals surface area contributed by atoms with Crippen molar-refractivity contribution in [3.8, 4) is 0 Å². The van der Waals surface area contributed by atoms with E-state index in [4.69, 9.17) is 0 Å². The zero-order chi connectivity index (χ0) is 17.3. The number of rotatable bonds is 4. The highest BCUT2D eigenvalue weighted by atomic mass is 32.2. The van der Waals surface area contributed by atoms with Gasteiger partial charge in [-0.1, -0.05) is 18.2 Å². The van der Waals surface area contributed by atoms with Crippen molar-refractivity contribution >= 4 is 32.5 Å². The Morgan fingerprint density at radius 2 is 1.92 bits per heavy atom. The zero-order valence-electron chi connectivity index (χ0n) is 12.0. The normalized spacial score (nSPS) is 11.3. The Hall–Kier alpha value is -3.27. The van der Waals surface area contributed by atoms with Crippen LogP contribution in [0.3, 0.4) is 0 Å². The molecule has 9 nitrogen and oxygen atoms in total. The van der Waals surface area contributed by atoms with E-state index in [0.29, 0.717) is 0 Å². The molecule has 3 aromatic rings. The minimum atomic E-state index is -4.28. The first kappa shape index (κ1) is 15.6. The summed E-state index contributed by atoms with van der Waals surface area (Å²) in [6, 6.07) is 9.82. The molecule has 0 aliphatic rings. The maximum Gasteiger partial charge on any atom is 0.298 e. The standard InChI is InChI=1S/C14H10N4O5S/c19-14(9-4-2-1-3-5-9)17-24(22,23)11-6-10-8-15-16-13(10)12(7-11)18(20)21/h1-8H,(H,15,16)(H,17,19). The molecule has 0 fully saturated rings. The monoisotopic (exact) mass is 346 g/mol. The van der Waals surface area contributed by atoms with Crippen LogP contribution in [0.1, 0.15) is 10.4 Å². The first-order chi connectivity index (χ1) is 11.4. The van der Waals surface area contributed by atoms with E-state index in [0.717, 1.165) is 6.07 Å². The van der Waals surface area contributed by atoms with E-state index in [1.807, 2.05) is 4.72 Å². The van der Waals surface area contributed by atoms with Gasteiger partial charge in [0.25, 0.3) is 21.6 Å². The van der Waals surface area contributed by atoms with Gasteiger partial charge in [-0.05, 0) is 18.2 Å². The third-order valence-electron chi connectivity index (χ3n) is 3.26. The molecule has 0 unspecified atom stereocenters. The number of nitrogens with zero attached hydrogens (tertiary/aromatic N) is 2. The van der Waals surface area contributed by atoms with E-state index in [2.05, 4.69) is 10.2 Å². The summed E-state index contributed by atoms with van der Waals surface area (Å²) in [4.78, 5) is 22.0. The SMILES string of the molecule is O=C(NS(=O)(=O)c1cc([N+](=O)[O-])c2n[nH]cc2c1)c1ccccc1. The Bertz CT molecular complexity index is 1040. The van der Waals surface area contributed by atoms with Gasteiger partial charge in [0.05, 0.1) is 9.82 Å². The number of fused-ring (bicyclic) bond motifs is 1. The Balaban J connectivity index is 2.02. The van der Waals surface area contributed by atoms with E-state index in [-0.39, 0.29) is 16.5 Å². The number of carbonyl (C=O) groups is 1. The van der Waals surface area contributed by atoms with Crippen molar-refractivity contribution in [2.75, 3.05) is 0 Å². The summed E-state index contributed by atoms with van der Waals surface area (Å²) < 4.78 is 26.6. The molecule has 0 saturated heterocycles. The van der Waals surface area contributed by atoms with Crippen molar-refractivity contribution in [2.24, 2.45) is 0 Å². The molecule has 122 valence electrons. The number of carbonyl (C=O) groups excluding carboxylic acids is 1. The molecule has 2 aromatic carbocycles.